The van der Waals surface area contributed by atoms with Crippen LogP contribution in [0.3, 0.4) is 0 Å². The fourth-order valence-corrected chi connectivity index (χ4v) is 3.50. The van der Waals surface area contributed by atoms with Crippen LogP contribution in [0.5, 0.6) is 11.5 Å². The van der Waals surface area contributed by atoms with Crippen LogP contribution in [0.4, 0.5) is 0 Å². The number of rotatable bonds is 2. The minimum Gasteiger partial charge on any atom is -0.508 e. The molecule has 0 aliphatic heterocycles. The Hall–Kier alpha value is -2.53. The van der Waals surface area contributed by atoms with Crippen LogP contribution in [0.25, 0.3) is 21.7 Å². The van der Waals surface area contributed by atoms with Gasteiger partial charge in [0, 0.05) is 16.8 Å². The van der Waals surface area contributed by atoms with Crippen LogP contribution < -0.4 is 10.4 Å². The molecule has 1 saturated carbocycles. The van der Waals surface area contributed by atoms with E-state index in [2.05, 4.69) is 0 Å². The van der Waals surface area contributed by atoms with E-state index in [1.807, 2.05) is 19.1 Å². The van der Waals surface area contributed by atoms with Crippen molar-refractivity contribution in [1.82, 2.24) is 0 Å². The standard InChI is InChI=1S/C20H20O5/c1-20(23)8-6-13(7-9-20)24-14-3-5-15-16-4-2-12(21)10-18(16)25-19(22)17(15)11-14/h2-5,10-11,13,21,23H,6-9H2,1H3. The molecule has 0 amide bonds. The Morgan fingerprint density at radius 1 is 1.08 bits per heavy atom. The molecule has 4 rings (SSSR count). The first-order chi connectivity index (χ1) is 11.9. The number of phenols is 1. The summed E-state index contributed by atoms with van der Waals surface area (Å²) in [5.41, 5.74) is -0.694. The molecule has 1 aliphatic carbocycles. The predicted octanol–water partition coefficient (Wildman–Crippen LogP) is 3.72. The summed E-state index contributed by atoms with van der Waals surface area (Å²) in [4.78, 5) is 12.3. The number of ether oxygens (including phenoxy) is 1. The fraction of sp³-hybridized carbons (Fsp3) is 0.350. The Balaban J connectivity index is 1.69. The lowest BCUT2D eigenvalue weighted by atomic mass is 9.85. The lowest BCUT2D eigenvalue weighted by Crippen LogP contribution is -2.34. The van der Waals surface area contributed by atoms with E-state index in [0.717, 1.165) is 23.6 Å². The first kappa shape index (κ1) is 16.0. The lowest BCUT2D eigenvalue weighted by Gasteiger charge is -2.33. The SMILES string of the molecule is CC1(O)CCC(Oc2ccc3c(c2)c(=O)oc2cc(O)ccc23)CC1. The second-order valence-corrected chi connectivity index (χ2v) is 7.09. The van der Waals surface area contributed by atoms with Crippen LogP contribution >= 0.6 is 0 Å². The largest absolute Gasteiger partial charge is 0.508 e. The van der Waals surface area contributed by atoms with Crippen LogP contribution in [0, 0.1) is 0 Å². The number of hydrogen-bond donors (Lipinski definition) is 2. The average molecular weight is 340 g/mol. The molecule has 3 aromatic rings. The summed E-state index contributed by atoms with van der Waals surface area (Å²) < 4.78 is 11.3. The first-order valence-electron chi connectivity index (χ1n) is 8.50. The first-order valence-corrected chi connectivity index (χ1v) is 8.50. The highest BCUT2D eigenvalue weighted by molar-refractivity contribution is 6.04. The van der Waals surface area contributed by atoms with Crippen LogP contribution in [-0.4, -0.2) is 21.9 Å². The van der Waals surface area contributed by atoms with E-state index in [9.17, 15) is 15.0 Å². The number of aromatic hydroxyl groups is 1. The molecule has 0 saturated heterocycles. The minimum absolute atomic E-state index is 0.0436. The number of aliphatic hydroxyl groups is 1. The fourth-order valence-electron chi connectivity index (χ4n) is 3.50. The van der Waals surface area contributed by atoms with Crippen molar-refractivity contribution in [3.8, 4) is 11.5 Å². The highest BCUT2D eigenvalue weighted by Crippen LogP contribution is 2.32. The number of phenolic OH excluding ortho intramolecular Hbond substituents is 1. The van der Waals surface area contributed by atoms with Crippen molar-refractivity contribution in [3.63, 3.8) is 0 Å². The average Bonchev–Trinajstić information content (AvgIpc) is 2.57. The van der Waals surface area contributed by atoms with Gasteiger partial charge in [-0.1, -0.05) is 0 Å². The normalized spacial score (nSPS) is 23.8. The third kappa shape index (κ3) is 3.07. The van der Waals surface area contributed by atoms with E-state index in [0.29, 0.717) is 29.6 Å². The minimum atomic E-state index is -0.602. The Morgan fingerprint density at radius 3 is 2.56 bits per heavy atom. The second kappa shape index (κ2) is 5.77. The van der Waals surface area contributed by atoms with Gasteiger partial charge < -0.3 is 19.4 Å². The molecule has 1 aliphatic rings. The summed E-state index contributed by atoms with van der Waals surface area (Å²) >= 11 is 0. The van der Waals surface area contributed by atoms with Gasteiger partial charge in [0.05, 0.1) is 17.1 Å². The van der Waals surface area contributed by atoms with Crippen molar-refractivity contribution < 1.29 is 19.4 Å². The van der Waals surface area contributed by atoms with Crippen molar-refractivity contribution in [2.75, 3.05) is 0 Å². The van der Waals surface area contributed by atoms with E-state index < -0.39 is 11.2 Å². The summed E-state index contributed by atoms with van der Waals surface area (Å²) in [6, 6.07) is 10.1. The van der Waals surface area contributed by atoms with Crippen molar-refractivity contribution in [2.45, 2.75) is 44.3 Å². The molecule has 25 heavy (non-hydrogen) atoms. The smallest absolute Gasteiger partial charge is 0.344 e. The van der Waals surface area contributed by atoms with Crippen molar-refractivity contribution in [3.05, 3.63) is 46.8 Å². The van der Waals surface area contributed by atoms with Crippen LogP contribution in [0.15, 0.2) is 45.6 Å². The highest BCUT2D eigenvalue weighted by Gasteiger charge is 2.29. The molecule has 0 unspecified atom stereocenters. The summed E-state index contributed by atoms with van der Waals surface area (Å²) in [6.45, 7) is 1.85. The van der Waals surface area contributed by atoms with Crippen LogP contribution in [0.1, 0.15) is 32.6 Å². The van der Waals surface area contributed by atoms with Gasteiger partial charge in [0.15, 0.2) is 0 Å². The molecule has 5 nitrogen and oxygen atoms in total. The van der Waals surface area contributed by atoms with Crippen molar-refractivity contribution in [1.29, 1.82) is 0 Å². The molecule has 1 heterocycles. The van der Waals surface area contributed by atoms with E-state index in [1.54, 1.807) is 18.2 Å². The molecule has 0 atom stereocenters. The van der Waals surface area contributed by atoms with Crippen LogP contribution in [-0.2, 0) is 0 Å². The van der Waals surface area contributed by atoms with Crippen molar-refractivity contribution >= 4 is 21.7 Å². The number of hydrogen-bond acceptors (Lipinski definition) is 5. The topological polar surface area (TPSA) is 79.9 Å². The zero-order valence-corrected chi connectivity index (χ0v) is 14.0. The van der Waals surface area contributed by atoms with Gasteiger partial charge in [-0.15, -0.1) is 0 Å². The maximum atomic E-state index is 12.3. The molecule has 0 radical (unpaired) electrons. The predicted molar refractivity (Wildman–Crippen MR) is 95.2 cm³/mol. The molecule has 1 fully saturated rings. The highest BCUT2D eigenvalue weighted by atomic mass is 16.5. The molecule has 5 heteroatoms. The summed E-state index contributed by atoms with van der Waals surface area (Å²) in [5.74, 6) is 0.688. The Kier molecular flexibility index (Phi) is 3.69. The Bertz CT molecular complexity index is 992. The van der Waals surface area contributed by atoms with Gasteiger partial charge in [0.25, 0.3) is 0 Å². The zero-order chi connectivity index (χ0) is 17.6. The molecular weight excluding hydrogens is 320 g/mol. The van der Waals surface area contributed by atoms with Gasteiger partial charge >= 0.3 is 5.63 Å². The van der Waals surface area contributed by atoms with E-state index in [1.165, 1.54) is 6.07 Å². The van der Waals surface area contributed by atoms with Crippen LogP contribution in [0.2, 0.25) is 0 Å². The molecule has 130 valence electrons. The second-order valence-electron chi connectivity index (χ2n) is 7.09. The Morgan fingerprint density at radius 2 is 1.80 bits per heavy atom. The van der Waals surface area contributed by atoms with E-state index in [4.69, 9.17) is 9.15 Å². The molecule has 2 N–H and O–H groups in total. The van der Waals surface area contributed by atoms with Crippen molar-refractivity contribution in [2.24, 2.45) is 0 Å². The Labute approximate surface area is 144 Å². The zero-order valence-electron chi connectivity index (χ0n) is 14.0. The van der Waals surface area contributed by atoms with Gasteiger partial charge in [-0.25, -0.2) is 4.79 Å². The molecular formula is C20H20O5. The van der Waals surface area contributed by atoms with E-state index >= 15 is 0 Å². The lowest BCUT2D eigenvalue weighted by molar-refractivity contribution is -0.0108. The molecule has 0 bridgehead atoms. The van der Waals surface area contributed by atoms with E-state index in [-0.39, 0.29) is 11.9 Å². The van der Waals surface area contributed by atoms with Gasteiger partial charge in [-0.05, 0) is 62.9 Å². The third-order valence-electron chi connectivity index (χ3n) is 4.98. The van der Waals surface area contributed by atoms with Gasteiger partial charge in [0.2, 0.25) is 0 Å². The molecule has 2 aromatic carbocycles. The summed E-state index contributed by atoms with van der Waals surface area (Å²) in [7, 11) is 0. The third-order valence-corrected chi connectivity index (χ3v) is 4.98. The van der Waals surface area contributed by atoms with Gasteiger partial charge in [0.1, 0.15) is 17.1 Å². The molecule has 1 aromatic heterocycles. The maximum Gasteiger partial charge on any atom is 0.344 e. The van der Waals surface area contributed by atoms with Gasteiger partial charge in [-0.3, -0.25) is 0 Å². The summed E-state index contributed by atoms with van der Waals surface area (Å²) in [6.07, 6.45) is 3.04. The summed E-state index contributed by atoms with van der Waals surface area (Å²) in [5, 5.41) is 21.6. The quantitative estimate of drug-likeness (QED) is 0.549. The number of benzene rings is 2. The monoisotopic (exact) mass is 340 g/mol. The molecule has 0 spiro atoms. The number of fused-ring (bicyclic) bond motifs is 3. The maximum absolute atomic E-state index is 12.3. The van der Waals surface area contributed by atoms with Gasteiger partial charge in [-0.2, -0.15) is 0 Å².